The largest absolute Gasteiger partial charge is 0.454 e. The van der Waals surface area contributed by atoms with Crippen LogP contribution in [0.15, 0.2) is 36.4 Å². The molecule has 2 aliphatic rings. The van der Waals surface area contributed by atoms with Gasteiger partial charge in [0, 0.05) is 17.3 Å². The lowest BCUT2D eigenvalue weighted by molar-refractivity contribution is 0.0437. The second-order valence-electron chi connectivity index (χ2n) is 5.04. The molecule has 2 aromatic rings. The number of nitrogens with one attached hydrogen (secondary N) is 1. The van der Waals surface area contributed by atoms with Crippen LogP contribution in [0, 0.1) is 6.92 Å². The average molecular weight is 283 g/mol. The van der Waals surface area contributed by atoms with E-state index < -0.39 is 6.23 Å². The van der Waals surface area contributed by atoms with Crippen molar-refractivity contribution in [1.82, 2.24) is 0 Å². The molecule has 0 saturated carbocycles. The fraction of sp³-hybridized carbons (Fsp3) is 0.188. The van der Waals surface area contributed by atoms with Crippen LogP contribution in [0.1, 0.15) is 27.7 Å². The summed E-state index contributed by atoms with van der Waals surface area (Å²) in [6.45, 7) is 2.20. The summed E-state index contributed by atoms with van der Waals surface area (Å²) >= 11 is 0. The molecular weight excluding hydrogens is 270 g/mol. The van der Waals surface area contributed by atoms with Gasteiger partial charge in [0.05, 0.1) is 5.56 Å². The van der Waals surface area contributed by atoms with E-state index >= 15 is 0 Å². The highest BCUT2D eigenvalue weighted by Gasteiger charge is 2.31. The van der Waals surface area contributed by atoms with Crippen LogP contribution in [0.2, 0.25) is 0 Å². The summed E-state index contributed by atoms with van der Waals surface area (Å²) in [6, 6.07) is 11.2. The minimum Gasteiger partial charge on any atom is -0.454 e. The van der Waals surface area contributed by atoms with Crippen LogP contribution in [-0.2, 0) is 4.74 Å². The maximum absolute atomic E-state index is 11.8. The summed E-state index contributed by atoms with van der Waals surface area (Å²) in [7, 11) is 0. The number of carbonyl (C=O) groups is 1. The third-order valence-electron chi connectivity index (χ3n) is 3.69. The lowest BCUT2D eigenvalue weighted by Gasteiger charge is -2.16. The number of ether oxygens (including phenoxy) is 3. The Morgan fingerprint density at radius 2 is 1.90 bits per heavy atom. The number of aryl methyl sites for hydroxylation is 1. The number of fused-ring (bicyclic) bond motifs is 2. The van der Waals surface area contributed by atoms with Gasteiger partial charge in [0.25, 0.3) is 0 Å². The van der Waals surface area contributed by atoms with Gasteiger partial charge in [-0.1, -0.05) is 18.2 Å². The lowest BCUT2D eigenvalue weighted by atomic mass is 10.1. The topological polar surface area (TPSA) is 56.8 Å². The molecule has 4 rings (SSSR count). The number of esters is 1. The summed E-state index contributed by atoms with van der Waals surface area (Å²) in [5, 5.41) is 3.25. The first-order valence-electron chi connectivity index (χ1n) is 6.69. The number of anilines is 1. The van der Waals surface area contributed by atoms with Crippen LogP contribution in [0.25, 0.3) is 0 Å². The molecule has 21 heavy (non-hydrogen) atoms. The van der Waals surface area contributed by atoms with E-state index in [0.717, 1.165) is 22.6 Å². The van der Waals surface area contributed by atoms with Crippen molar-refractivity contribution in [3.05, 3.63) is 53.1 Å². The SMILES string of the molecule is Cc1cc2c(cc1NC1OC(=O)c3ccccc31)OCO2. The van der Waals surface area contributed by atoms with Crippen molar-refractivity contribution >= 4 is 11.7 Å². The molecular formula is C16H13NO4. The summed E-state index contributed by atoms with van der Waals surface area (Å²) in [4.78, 5) is 11.8. The average Bonchev–Trinajstić information content (AvgIpc) is 3.05. The summed E-state index contributed by atoms with van der Waals surface area (Å²) in [5.74, 6) is 1.13. The van der Waals surface area contributed by atoms with Crippen molar-refractivity contribution < 1.29 is 19.0 Å². The number of carbonyl (C=O) groups excluding carboxylic acids is 1. The Kier molecular flexibility index (Phi) is 2.54. The number of rotatable bonds is 2. The molecule has 0 aliphatic carbocycles. The summed E-state index contributed by atoms with van der Waals surface area (Å²) < 4.78 is 16.1. The van der Waals surface area contributed by atoms with Gasteiger partial charge < -0.3 is 19.5 Å². The van der Waals surface area contributed by atoms with E-state index in [1.807, 2.05) is 37.3 Å². The first-order chi connectivity index (χ1) is 10.2. The molecule has 0 radical (unpaired) electrons. The van der Waals surface area contributed by atoms with Crippen LogP contribution in [0.4, 0.5) is 5.69 Å². The Morgan fingerprint density at radius 1 is 1.14 bits per heavy atom. The van der Waals surface area contributed by atoms with Gasteiger partial charge >= 0.3 is 5.97 Å². The predicted molar refractivity (Wildman–Crippen MR) is 75.5 cm³/mol. The smallest absolute Gasteiger partial charge is 0.340 e. The van der Waals surface area contributed by atoms with E-state index in [1.54, 1.807) is 6.07 Å². The first kappa shape index (κ1) is 12.1. The van der Waals surface area contributed by atoms with Crippen LogP contribution in [-0.4, -0.2) is 12.8 Å². The zero-order valence-electron chi connectivity index (χ0n) is 11.4. The molecule has 0 amide bonds. The molecule has 2 heterocycles. The molecule has 0 bridgehead atoms. The summed E-state index contributed by atoms with van der Waals surface area (Å²) in [5.41, 5.74) is 3.31. The van der Waals surface area contributed by atoms with Gasteiger partial charge in [-0.25, -0.2) is 4.79 Å². The minimum absolute atomic E-state index is 0.236. The van der Waals surface area contributed by atoms with Crippen molar-refractivity contribution in [3.8, 4) is 11.5 Å². The fourth-order valence-electron chi connectivity index (χ4n) is 2.59. The summed E-state index contributed by atoms with van der Waals surface area (Å²) in [6.07, 6.45) is -0.479. The predicted octanol–water partition coefficient (Wildman–Crippen LogP) is 3.00. The highest BCUT2D eigenvalue weighted by Crippen LogP contribution is 2.39. The van der Waals surface area contributed by atoms with E-state index in [-0.39, 0.29) is 12.8 Å². The van der Waals surface area contributed by atoms with E-state index in [9.17, 15) is 4.79 Å². The maximum atomic E-state index is 11.8. The van der Waals surface area contributed by atoms with Gasteiger partial charge in [0.2, 0.25) is 13.0 Å². The minimum atomic E-state index is -0.479. The molecule has 1 unspecified atom stereocenters. The van der Waals surface area contributed by atoms with E-state index in [0.29, 0.717) is 11.3 Å². The zero-order valence-corrected chi connectivity index (χ0v) is 11.4. The second kappa shape index (κ2) is 4.41. The highest BCUT2D eigenvalue weighted by atomic mass is 16.7. The molecule has 1 atom stereocenters. The van der Waals surface area contributed by atoms with Crippen molar-refractivity contribution in [3.63, 3.8) is 0 Å². The van der Waals surface area contributed by atoms with Crippen molar-refractivity contribution in [2.75, 3.05) is 12.1 Å². The molecule has 0 saturated heterocycles. The standard InChI is InChI=1S/C16H13NO4/c1-9-6-13-14(20-8-19-13)7-12(9)17-15-10-4-2-3-5-11(10)16(18)21-15/h2-7,15,17H,8H2,1H3. The molecule has 2 aromatic carbocycles. The van der Waals surface area contributed by atoms with Gasteiger partial charge in [0.15, 0.2) is 11.5 Å². The number of hydrogen-bond acceptors (Lipinski definition) is 5. The maximum Gasteiger partial charge on any atom is 0.340 e. The highest BCUT2D eigenvalue weighted by molar-refractivity contribution is 5.94. The van der Waals surface area contributed by atoms with Crippen LogP contribution in [0.3, 0.4) is 0 Å². The van der Waals surface area contributed by atoms with Crippen molar-refractivity contribution in [2.24, 2.45) is 0 Å². The van der Waals surface area contributed by atoms with Crippen LogP contribution < -0.4 is 14.8 Å². The number of hydrogen-bond donors (Lipinski definition) is 1. The van der Waals surface area contributed by atoms with Gasteiger partial charge in [-0.3, -0.25) is 0 Å². The van der Waals surface area contributed by atoms with E-state index in [2.05, 4.69) is 5.32 Å². The third kappa shape index (κ3) is 1.89. The Bertz CT molecular complexity index is 741. The fourth-order valence-corrected chi connectivity index (χ4v) is 2.59. The molecule has 0 spiro atoms. The van der Waals surface area contributed by atoms with E-state index in [1.165, 1.54) is 0 Å². The first-order valence-corrected chi connectivity index (χ1v) is 6.69. The molecule has 5 heteroatoms. The third-order valence-corrected chi connectivity index (χ3v) is 3.69. The Hall–Kier alpha value is -2.69. The second-order valence-corrected chi connectivity index (χ2v) is 5.04. The van der Waals surface area contributed by atoms with E-state index in [4.69, 9.17) is 14.2 Å². The van der Waals surface area contributed by atoms with Gasteiger partial charge in [-0.15, -0.1) is 0 Å². The molecule has 0 fully saturated rings. The molecule has 0 aromatic heterocycles. The Morgan fingerprint density at radius 3 is 2.76 bits per heavy atom. The zero-order chi connectivity index (χ0) is 14.4. The molecule has 2 aliphatic heterocycles. The Balaban J connectivity index is 1.67. The van der Waals surface area contributed by atoms with Crippen molar-refractivity contribution in [2.45, 2.75) is 13.2 Å². The van der Waals surface area contributed by atoms with Crippen LogP contribution in [0.5, 0.6) is 11.5 Å². The number of cyclic esters (lactones) is 1. The van der Waals surface area contributed by atoms with Crippen molar-refractivity contribution in [1.29, 1.82) is 0 Å². The molecule has 5 nitrogen and oxygen atoms in total. The molecule has 106 valence electrons. The Labute approximate surface area is 121 Å². The lowest BCUT2D eigenvalue weighted by Crippen LogP contribution is -2.11. The van der Waals surface area contributed by atoms with Gasteiger partial charge in [-0.2, -0.15) is 0 Å². The van der Waals surface area contributed by atoms with Gasteiger partial charge in [0.1, 0.15) is 0 Å². The van der Waals surface area contributed by atoms with Gasteiger partial charge in [-0.05, 0) is 24.6 Å². The van der Waals surface area contributed by atoms with Crippen LogP contribution >= 0.6 is 0 Å². The molecule has 1 N–H and O–H groups in total. The monoisotopic (exact) mass is 283 g/mol. The quantitative estimate of drug-likeness (QED) is 0.859. The normalized spacial score (nSPS) is 18.3. The number of benzene rings is 2.